The van der Waals surface area contributed by atoms with Crippen molar-refractivity contribution in [2.24, 2.45) is 0 Å². The number of aryl methyl sites for hydroxylation is 1. The summed E-state index contributed by atoms with van der Waals surface area (Å²) >= 11 is 0. The first-order chi connectivity index (χ1) is 13.5. The number of furan rings is 1. The van der Waals surface area contributed by atoms with E-state index < -0.39 is 0 Å². The maximum atomic E-state index is 12.8. The van der Waals surface area contributed by atoms with Crippen molar-refractivity contribution in [2.75, 3.05) is 18.9 Å². The van der Waals surface area contributed by atoms with Gasteiger partial charge in [0.1, 0.15) is 11.6 Å². The lowest BCUT2D eigenvalue weighted by Gasteiger charge is -2.30. The van der Waals surface area contributed by atoms with Crippen LogP contribution < -0.4 is 10.2 Å². The van der Waals surface area contributed by atoms with Crippen molar-refractivity contribution in [3.05, 3.63) is 65.4 Å². The van der Waals surface area contributed by atoms with Gasteiger partial charge in [0.2, 0.25) is 0 Å². The first kappa shape index (κ1) is 18.4. The summed E-state index contributed by atoms with van der Waals surface area (Å²) in [5, 5.41) is 3.69. The molecule has 2 atom stereocenters. The summed E-state index contributed by atoms with van der Waals surface area (Å²) in [5.41, 5.74) is 3.81. The monoisotopic (exact) mass is 377 g/mol. The molecule has 3 aromatic rings. The average Bonchev–Trinajstić information content (AvgIpc) is 3.06. The Bertz CT molecular complexity index is 1040. The molecule has 1 heterocycles. The van der Waals surface area contributed by atoms with Gasteiger partial charge in [0, 0.05) is 24.3 Å². The van der Waals surface area contributed by atoms with Crippen LogP contribution in [0.5, 0.6) is 0 Å². The van der Waals surface area contributed by atoms with Gasteiger partial charge in [-0.2, -0.15) is 0 Å². The van der Waals surface area contributed by atoms with E-state index in [1.54, 1.807) is 6.07 Å². The maximum Gasteiger partial charge on any atom is 0.279 e. The number of benzene rings is 2. The summed E-state index contributed by atoms with van der Waals surface area (Å²) in [4.78, 5) is 25.9. The second kappa shape index (κ2) is 7.60. The van der Waals surface area contributed by atoms with Crippen LogP contribution in [0, 0.1) is 0 Å². The SMILES string of the molecule is CC(=O)c1oc2ccccc2c1NC(=O)C[NH+](C)[C@@H]1CCCc2ccccc21. The van der Waals surface area contributed by atoms with Gasteiger partial charge in [-0.3, -0.25) is 9.59 Å². The number of anilines is 1. The molecule has 0 saturated heterocycles. The number of carbonyl (C=O) groups is 2. The van der Waals surface area contributed by atoms with Crippen molar-refractivity contribution in [2.45, 2.75) is 32.2 Å². The molecular weight excluding hydrogens is 352 g/mol. The second-order valence-corrected chi connectivity index (χ2v) is 7.57. The number of likely N-dealkylation sites (N-methyl/N-ethyl adjacent to an activating group) is 1. The number of quaternary nitrogens is 1. The Balaban J connectivity index is 1.54. The van der Waals surface area contributed by atoms with Crippen LogP contribution in [0.4, 0.5) is 5.69 Å². The van der Waals surface area contributed by atoms with Crippen molar-refractivity contribution in [3.63, 3.8) is 0 Å². The van der Waals surface area contributed by atoms with Crippen LogP contribution in [0.2, 0.25) is 0 Å². The van der Waals surface area contributed by atoms with E-state index in [-0.39, 0.29) is 17.5 Å². The first-order valence-corrected chi connectivity index (χ1v) is 9.77. The quantitative estimate of drug-likeness (QED) is 0.672. The van der Waals surface area contributed by atoms with Crippen LogP contribution in [-0.2, 0) is 11.2 Å². The van der Waals surface area contributed by atoms with E-state index in [1.807, 2.05) is 18.2 Å². The molecule has 0 bridgehead atoms. The molecule has 2 N–H and O–H groups in total. The summed E-state index contributed by atoms with van der Waals surface area (Å²) in [5.74, 6) is -0.113. The van der Waals surface area contributed by atoms with Crippen molar-refractivity contribution < 1.29 is 18.9 Å². The Morgan fingerprint density at radius 1 is 1.14 bits per heavy atom. The summed E-state index contributed by atoms with van der Waals surface area (Å²) in [6.45, 7) is 1.78. The number of Topliss-reactive ketones (excluding diaryl/α,β-unsaturated/α-hetero) is 1. The highest BCUT2D eigenvalue weighted by molar-refractivity contribution is 6.10. The van der Waals surface area contributed by atoms with Gasteiger partial charge in [-0.1, -0.05) is 36.4 Å². The summed E-state index contributed by atoms with van der Waals surface area (Å²) < 4.78 is 5.66. The average molecular weight is 377 g/mol. The van der Waals surface area contributed by atoms with Gasteiger partial charge in [-0.05, 0) is 30.5 Å². The summed E-state index contributed by atoms with van der Waals surface area (Å²) in [7, 11) is 2.06. The number of fused-ring (bicyclic) bond motifs is 2. The number of nitrogens with one attached hydrogen (secondary N) is 2. The fraction of sp³-hybridized carbons (Fsp3) is 0.304. The van der Waals surface area contributed by atoms with Crippen LogP contribution in [-0.4, -0.2) is 25.3 Å². The highest BCUT2D eigenvalue weighted by Gasteiger charge is 2.28. The molecule has 1 unspecified atom stereocenters. The van der Waals surface area contributed by atoms with Crippen LogP contribution >= 0.6 is 0 Å². The Morgan fingerprint density at radius 3 is 2.71 bits per heavy atom. The van der Waals surface area contributed by atoms with Crippen molar-refractivity contribution in [1.82, 2.24) is 0 Å². The molecule has 1 aromatic heterocycles. The number of amides is 1. The maximum absolute atomic E-state index is 12.8. The lowest BCUT2D eigenvalue weighted by molar-refractivity contribution is -0.905. The molecule has 28 heavy (non-hydrogen) atoms. The zero-order chi connectivity index (χ0) is 19.7. The third kappa shape index (κ3) is 3.45. The van der Waals surface area contributed by atoms with Crippen LogP contribution in [0.1, 0.15) is 47.5 Å². The number of rotatable bonds is 5. The largest absolute Gasteiger partial charge is 0.451 e. The summed E-state index contributed by atoms with van der Waals surface area (Å²) in [6, 6.07) is 16.2. The molecule has 2 aromatic carbocycles. The predicted molar refractivity (Wildman–Crippen MR) is 109 cm³/mol. The van der Waals surface area contributed by atoms with Gasteiger partial charge in [0.05, 0.1) is 12.7 Å². The zero-order valence-electron chi connectivity index (χ0n) is 16.2. The minimum atomic E-state index is -0.201. The molecule has 0 fully saturated rings. The fourth-order valence-corrected chi connectivity index (χ4v) is 4.24. The molecule has 0 aliphatic heterocycles. The fourth-order valence-electron chi connectivity index (χ4n) is 4.24. The molecule has 5 nitrogen and oxygen atoms in total. The lowest BCUT2D eigenvalue weighted by Crippen LogP contribution is -3.10. The highest BCUT2D eigenvalue weighted by Crippen LogP contribution is 2.31. The molecule has 1 aliphatic carbocycles. The van der Waals surface area contributed by atoms with Gasteiger partial charge in [-0.25, -0.2) is 0 Å². The number of hydrogen-bond donors (Lipinski definition) is 2. The molecular formula is C23H25N2O3+. The Labute approximate surface area is 164 Å². The Kier molecular flexibility index (Phi) is 5.01. The van der Waals surface area contributed by atoms with Crippen LogP contribution in [0.15, 0.2) is 52.9 Å². The van der Waals surface area contributed by atoms with Gasteiger partial charge in [-0.15, -0.1) is 0 Å². The predicted octanol–water partition coefficient (Wildman–Crippen LogP) is 3.17. The second-order valence-electron chi connectivity index (χ2n) is 7.57. The number of hydrogen-bond acceptors (Lipinski definition) is 3. The normalized spacial score (nSPS) is 17.1. The van der Waals surface area contributed by atoms with E-state index >= 15 is 0 Å². The van der Waals surface area contributed by atoms with E-state index in [0.29, 0.717) is 23.9 Å². The molecule has 0 saturated carbocycles. The third-order valence-electron chi connectivity index (χ3n) is 5.58. The van der Waals surface area contributed by atoms with Gasteiger partial charge in [0.25, 0.3) is 5.91 Å². The van der Waals surface area contributed by atoms with Crippen LogP contribution in [0.3, 0.4) is 0 Å². The van der Waals surface area contributed by atoms with Gasteiger partial charge >= 0.3 is 0 Å². The van der Waals surface area contributed by atoms with Crippen molar-refractivity contribution in [1.29, 1.82) is 0 Å². The molecule has 1 amide bonds. The standard InChI is InChI=1S/C23H24N2O3/c1-15(26)23-22(18-11-5-6-13-20(18)28-23)24-21(27)14-25(2)19-12-7-9-16-8-3-4-10-17(16)19/h3-6,8,10-11,13,19H,7,9,12,14H2,1-2H3,(H,24,27)/p+1/t19-/m1/s1. The van der Waals surface area contributed by atoms with E-state index in [2.05, 4.69) is 36.6 Å². The Morgan fingerprint density at radius 2 is 1.89 bits per heavy atom. The topological polar surface area (TPSA) is 63.8 Å². The highest BCUT2D eigenvalue weighted by atomic mass is 16.3. The molecule has 5 heteroatoms. The van der Waals surface area contributed by atoms with Crippen molar-refractivity contribution in [3.8, 4) is 0 Å². The zero-order valence-corrected chi connectivity index (χ0v) is 16.2. The lowest BCUT2D eigenvalue weighted by atomic mass is 9.87. The Hall–Kier alpha value is -2.92. The van der Waals surface area contributed by atoms with Crippen molar-refractivity contribution >= 4 is 28.3 Å². The molecule has 1 aliphatic rings. The molecule has 4 rings (SSSR count). The molecule has 144 valence electrons. The smallest absolute Gasteiger partial charge is 0.279 e. The summed E-state index contributed by atoms with van der Waals surface area (Å²) in [6.07, 6.45) is 3.32. The van der Waals surface area contributed by atoms with E-state index in [9.17, 15) is 9.59 Å². The molecule has 0 spiro atoms. The number of para-hydroxylation sites is 1. The first-order valence-electron chi connectivity index (χ1n) is 9.77. The van der Waals surface area contributed by atoms with E-state index in [1.165, 1.54) is 18.1 Å². The third-order valence-corrected chi connectivity index (χ3v) is 5.58. The number of ketones is 1. The minimum Gasteiger partial charge on any atom is -0.451 e. The van der Waals surface area contributed by atoms with Crippen LogP contribution in [0.25, 0.3) is 11.0 Å². The van der Waals surface area contributed by atoms with E-state index in [0.717, 1.165) is 29.5 Å². The molecule has 0 radical (unpaired) electrons. The number of carbonyl (C=O) groups excluding carboxylic acids is 2. The van der Waals surface area contributed by atoms with Gasteiger partial charge in [0.15, 0.2) is 18.1 Å². The van der Waals surface area contributed by atoms with Gasteiger partial charge < -0.3 is 14.6 Å². The minimum absolute atomic E-state index is 0.116. The van der Waals surface area contributed by atoms with E-state index in [4.69, 9.17) is 4.42 Å².